The first-order valence-corrected chi connectivity index (χ1v) is 32.4. The van der Waals surface area contributed by atoms with Crippen molar-refractivity contribution < 1.29 is 0 Å². The van der Waals surface area contributed by atoms with Crippen molar-refractivity contribution in [3.8, 4) is 108 Å². The van der Waals surface area contributed by atoms with Gasteiger partial charge in [-0.3, -0.25) is 0 Å². The molecule has 0 fully saturated rings. The highest BCUT2D eigenvalue weighted by Crippen LogP contribution is 2.46. The first kappa shape index (κ1) is 57.9. The van der Waals surface area contributed by atoms with Gasteiger partial charge in [-0.05, 0) is 64.7 Å². The average Bonchev–Trinajstić information content (AvgIpc) is 1.58. The summed E-state index contributed by atoms with van der Waals surface area (Å²) in [6, 6.07) is 112. The highest BCUT2D eigenvalue weighted by Gasteiger charge is 2.26. The Morgan fingerprint density at radius 1 is 0.274 bits per heavy atom. The SMILES string of the molecule is Brc1ccccc1.c1ccc(-c2nc(-c3ccccc3)nc(-c3ccc(-c4nc5ccccc5c5c4Cc4ccccc4-5)cc3)n2)cc1.c1ccc(-c2nc(-c3ccccc3)nc(-c3ccc(-c4nc5ccccc5c5c6ccccc6n(-c6ccccc6)c45)cc3)n2)cc1. The Kier molecular flexibility index (Phi) is 15.7. The molecule has 18 rings (SSSR count). The predicted octanol–water partition coefficient (Wildman–Crippen LogP) is 21.3. The summed E-state index contributed by atoms with van der Waals surface area (Å²) in [5.41, 5.74) is 20.3. The number of hydrogen-bond donors (Lipinski definition) is 0. The molecule has 9 nitrogen and oxygen atoms in total. The number of pyridine rings is 2. The molecule has 0 spiro atoms. The molecule has 5 heterocycles. The average molecular weight is 1280 g/mol. The number of rotatable bonds is 9. The zero-order chi connectivity index (χ0) is 63.4. The topological polar surface area (TPSA) is 108 Å². The number of nitrogens with zero attached hydrogens (tertiary/aromatic N) is 9. The van der Waals surface area contributed by atoms with E-state index in [1.807, 2.05) is 152 Å². The van der Waals surface area contributed by atoms with Gasteiger partial charge in [0.15, 0.2) is 34.9 Å². The smallest absolute Gasteiger partial charge is 0.164 e. The number of hydrogen-bond acceptors (Lipinski definition) is 8. The molecule has 10 heteroatoms. The molecule has 0 N–H and O–H groups in total. The normalized spacial score (nSPS) is 11.4. The van der Waals surface area contributed by atoms with E-state index >= 15 is 0 Å². The molecule has 1 aliphatic carbocycles. The molecular formula is C85H56BrN9. The summed E-state index contributed by atoms with van der Waals surface area (Å²) in [7, 11) is 0. The van der Waals surface area contributed by atoms with Crippen molar-refractivity contribution in [3.05, 3.63) is 343 Å². The lowest BCUT2D eigenvalue weighted by atomic mass is 9.96. The van der Waals surface area contributed by atoms with Crippen LogP contribution in [0, 0.1) is 0 Å². The van der Waals surface area contributed by atoms with E-state index in [0.717, 1.165) is 99.9 Å². The van der Waals surface area contributed by atoms with Gasteiger partial charge in [-0.25, -0.2) is 39.9 Å². The van der Waals surface area contributed by atoms with Crippen molar-refractivity contribution in [1.82, 2.24) is 44.4 Å². The number of benzene rings is 12. The molecule has 0 atom stereocenters. The Balaban J connectivity index is 0.000000137. The zero-order valence-corrected chi connectivity index (χ0v) is 52.9. The van der Waals surface area contributed by atoms with Crippen molar-refractivity contribution in [1.29, 1.82) is 0 Å². The van der Waals surface area contributed by atoms with Crippen molar-refractivity contribution in [2.75, 3.05) is 0 Å². The third kappa shape index (κ3) is 11.6. The lowest BCUT2D eigenvalue weighted by Gasteiger charge is -2.13. The minimum Gasteiger partial charge on any atom is -0.307 e. The molecule has 0 radical (unpaired) electrons. The van der Waals surface area contributed by atoms with Crippen molar-refractivity contribution in [2.45, 2.75) is 6.42 Å². The highest BCUT2D eigenvalue weighted by atomic mass is 79.9. The van der Waals surface area contributed by atoms with Crippen molar-refractivity contribution in [2.24, 2.45) is 0 Å². The fourth-order valence-corrected chi connectivity index (χ4v) is 13.0. The molecular weight excluding hydrogens is 1230 g/mol. The highest BCUT2D eigenvalue weighted by molar-refractivity contribution is 9.10. The molecule has 0 amide bonds. The number of fused-ring (bicyclic) bond motifs is 10. The molecule has 12 aromatic carbocycles. The lowest BCUT2D eigenvalue weighted by molar-refractivity contribution is 1.07. The van der Waals surface area contributed by atoms with Crippen LogP contribution in [0.5, 0.6) is 0 Å². The first-order chi connectivity index (χ1) is 47.0. The van der Waals surface area contributed by atoms with Gasteiger partial charge in [0, 0.05) is 82.6 Å². The van der Waals surface area contributed by atoms with E-state index in [0.29, 0.717) is 34.9 Å². The van der Waals surface area contributed by atoms with Gasteiger partial charge in [-0.1, -0.05) is 301 Å². The number of para-hydroxylation sites is 4. The van der Waals surface area contributed by atoms with Crippen LogP contribution in [0.4, 0.5) is 0 Å². The molecule has 0 bridgehead atoms. The maximum atomic E-state index is 5.30. The standard InChI is InChI=1S/C42H27N5.C37H24N4.C6H5Br/c1-4-14-29(15-5-1)40-44-41(30-16-6-2-7-17-30)46-42(45-40)31-26-24-28(25-27-31)38-39-37(33-20-10-12-22-35(33)43-38)34-21-11-13-23-36(34)47(39)32-18-8-3-9-19-32;1-3-11-25(12-4-1)35-39-36(26-13-5-2-6-14-26)41-37(40-35)27-21-19-24(20-22-27)34-31-23-28-15-7-8-16-29(28)33(31)30-17-9-10-18-32(30)38-34;7-6-4-2-1-3-5-6/h1-27H;1-22H,23H2;1-5H. The van der Waals surface area contributed by atoms with Gasteiger partial charge in [0.1, 0.15) is 0 Å². The Morgan fingerprint density at radius 3 is 1.09 bits per heavy atom. The third-order valence-corrected chi connectivity index (χ3v) is 17.7. The van der Waals surface area contributed by atoms with E-state index in [2.05, 4.69) is 196 Å². The summed E-state index contributed by atoms with van der Waals surface area (Å²) in [6.07, 6.45) is 0.884. The van der Waals surface area contributed by atoms with Crippen LogP contribution in [0.1, 0.15) is 11.1 Å². The summed E-state index contributed by atoms with van der Waals surface area (Å²) >= 11 is 3.31. The second kappa shape index (κ2) is 25.8. The third-order valence-electron chi connectivity index (χ3n) is 17.1. The summed E-state index contributed by atoms with van der Waals surface area (Å²) < 4.78 is 3.48. The van der Waals surface area contributed by atoms with Gasteiger partial charge in [0.05, 0.1) is 33.5 Å². The molecule has 95 heavy (non-hydrogen) atoms. The van der Waals surface area contributed by atoms with Crippen molar-refractivity contribution in [3.63, 3.8) is 0 Å². The molecule has 0 saturated heterocycles. The summed E-state index contributed by atoms with van der Waals surface area (Å²) in [4.78, 5) is 39.8. The van der Waals surface area contributed by atoms with Crippen LogP contribution in [0.3, 0.4) is 0 Å². The molecule has 17 aromatic rings. The molecule has 5 aromatic heterocycles. The van der Waals surface area contributed by atoms with Crippen molar-refractivity contribution >= 4 is 59.5 Å². The molecule has 448 valence electrons. The Morgan fingerprint density at radius 2 is 0.621 bits per heavy atom. The molecule has 0 unspecified atom stereocenters. The van der Waals surface area contributed by atoms with Crippen LogP contribution in [0.15, 0.2) is 332 Å². The van der Waals surface area contributed by atoms with Crippen LogP contribution < -0.4 is 0 Å². The summed E-state index contributed by atoms with van der Waals surface area (Å²) in [5.74, 6) is 3.87. The maximum absolute atomic E-state index is 5.30. The van der Waals surface area contributed by atoms with Crippen LogP contribution in [-0.2, 0) is 6.42 Å². The zero-order valence-electron chi connectivity index (χ0n) is 51.3. The quantitative estimate of drug-likeness (QED) is 0.141. The Hall–Kier alpha value is -12.2. The van der Waals surface area contributed by atoms with E-state index in [4.69, 9.17) is 39.9 Å². The Bertz CT molecular complexity index is 5490. The van der Waals surface area contributed by atoms with Gasteiger partial charge in [0.2, 0.25) is 0 Å². The summed E-state index contributed by atoms with van der Waals surface area (Å²) in [5, 5.41) is 4.75. The van der Waals surface area contributed by atoms with Gasteiger partial charge in [0.25, 0.3) is 0 Å². The predicted molar refractivity (Wildman–Crippen MR) is 390 cm³/mol. The Labute approximate surface area is 557 Å². The van der Waals surface area contributed by atoms with Crippen LogP contribution >= 0.6 is 15.9 Å². The van der Waals surface area contributed by atoms with E-state index in [9.17, 15) is 0 Å². The van der Waals surface area contributed by atoms with E-state index < -0.39 is 0 Å². The summed E-state index contributed by atoms with van der Waals surface area (Å²) in [6.45, 7) is 0. The van der Waals surface area contributed by atoms with Gasteiger partial charge in [-0.2, -0.15) is 0 Å². The second-order valence-electron chi connectivity index (χ2n) is 23.1. The van der Waals surface area contributed by atoms with Gasteiger partial charge >= 0.3 is 0 Å². The maximum Gasteiger partial charge on any atom is 0.164 e. The van der Waals surface area contributed by atoms with Crippen LogP contribution in [0.2, 0.25) is 0 Å². The van der Waals surface area contributed by atoms with E-state index in [1.165, 1.54) is 38.4 Å². The number of aromatic nitrogens is 9. The molecule has 0 saturated carbocycles. The van der Waals surface area contributed by atoms with Crippen LogP contribution in [-0.4, -0.2) is 44.4 Å². The van der Waals surface area contributed by atoms with Gasteiger partial charge in [-0.15, -0.1) is 0 Å². The fourth-order valence-electron chi connectivity index (χ4n) is 12.7. The number of halogens is 1. The minimum atomic E-state index is 0.624. The molecule has 1 aliphatic rings. The first-order valence-electron chi connectivity index (χ1n) is 31.6. The molecule has 0 aliphatic heterocycles. The largest absolute Gasteiger partial charge is 0.307 e. The van der Waals surface area contributed by atoms with E-state index in [1.54, 1.807) is 0 Å². The van der Waals surface area contributed by atoms with Gasteiger partial charge < -0.3 is 4.57 Å². The van der Waals surface area contributed by atoms with E-state index in [-0.39, 0.29) is 0 Å². The second-order valence-corrected chi connectivity index (χ2v) is 24.0. The van der Waals surface area contributed by atoms with Crippen LogP contribution in [0.25, 0.3) is 151 Å². The lowest BCUT2D eigenvalue weighted by Crippen LogP contribution is -2.00. The minimum absolute atomic E-state index is 0.624. The fraction of sp³-hybridized carbons (Fsp3) is 0.0118. The monoisotopic (exact) mass is 1280 g/mol.